The minimum Gasteiger partial charge on any atom is -0.491 e. The number of alkyl carbamates (subject to hydrolysis) is 1. The van der Waals surface area contributed by atoms with Crippen molar-refractivity contribution < 1.29 is 14.3 Å². The van der Waals surface area contributed by atoms with E-state index in [-0.39, 0.29) is 18.2 Å². The predicted molar refractivity (Wildman–Crippen MR) is 64.2 cm³/mol. The minimum absolute atomic E-state index is 0.0827. The van der Waals surface area contributed by atoms with E-state index in [9.17, 15) is 4.79 Å². The van der Waals surface area contributed by atoms with Gasteiger partial charge in [0.05, 0.1) is 12.1 Å². The minimum atomic E-state index is -0.324. The molecule has 0 aliphatic carbocycles. The fourth-order valence-corrected chi connectivity index (χ4v) is 1.80. The maximum absolute atomic E-state index is 10.9. The Morgan fingerprint density at radius 3 is 2.65 bits per heavy atom. The Bertz CT molecular complexity index is 386. The molecule has 1 aliphatic heterocycles. The zero-order chi connectivity index (χ0) is 12.3. The summed E-state index contributed by atoms with van der Waals surface area (Å²) in [5.41, 5.74) is 1.16. The number of ether oxygens (including phenoxy) is 2. The number of hydrogen-bond acceptors (Lipinski definition) is 3. The molecule has 92 valence electrons. The van der Waals surface area contributed by atoms with E-state index in [2.05, 4.69) is 5.32 Å². The maximum Gasteiger partial charge on any atom is 0.407 e. The van der Waals surface area contributed by atoms with Crippen molar-refractivity contribution in [1.82, 2.24) is 5.32 Å². The highest BCUT2D eigenvalue weighted by molar-refractivity contribution is 5.69. The molecule has 0 aromatic heterocycles. The third-order valence-corrected chi connectivity index (χ3v) is 2.51. The molecule has 1 fully saturated rings. The first-order valence-corrected chi connectivity index (χ1v) is 5.82. The number of benzene rings is 1. The summed E-state index contributed by atoms with van der Waals surface area (Å²) >= 11 is 0. The summed E-state index contributed by atoms with van der Waals surface area (Å²) in [6, 6.07) is 8.02. The van der Waals surface area contributed by atoms with Gasteiger partial charge in [0.15, 0.2) is 0 Å². The summed E-state index contributed by atoms with van der Waals surface area (Å²) in [7, 11) is 0. The van der Waals surface area contributed by atoms with Crippen LogP contribution in [0.15, 0.2) is 24.3 Å². The van der Waals surface area contributed by atoms with Crippen LogP contribution in [0.25, 0.3) is 0 Å². The SMILES string of the molecule is CC(C)Oc1ccc(C[C@H]2COC(=O)N2)cc1. The molecule has 1 aromatic carbocycles. The van der Waals surface area contributed by atoms with E-state index in [1.54, 1.807) is 0 Å². The van der Waals surface area contributed by atoms with Gasteiger partial charge >= 0.3 is 6.09 Å². The average Bonchev–Trinajstić information content (AvgIpc) is 2.66. The van der Waals surface area contributed by atoms with Crippen LogP contribution in [-0.4, -0.2) is 24.8 Å². The smallest absolute Gasteiger partial charge is 0.407 e. The molecular formula is C13H17NO3. The summed E-state index contributed by atoms with van der Waals surface area (Å²) in [6.45, 7) is 4.45. The van der Waals surface area contributed by atoms with Crippen LogP contribution in [-0.2, 0) is 11.2 Å². The van der Waals surface area contributed by atoms with Crippen molar-refractivity contribution in [2.75, 3.05) is 6.61 Å². The Hall–Kier alpha value is -1.71. The van der Waals surface area contributed by atoms with E-state index in [1.807, 2.05) is 38.1 Å². The second-order valence-electron chi connectivity index (χ2n) is 4.45. The van der Waals surface area contributed by atoms with Crippen LogP contribution in [0, 0.1) is 0 Å². The molecule has 0 radical (unpaired) electrons. The standard InChI is InChI=1S/C13H17NO3/c1-9(2)17-12-5-3-10(4-6-12)7-11-8-16-13(15)14-11/h3-6,9,11H,7-8H2,1-2H3,(H,14,15)/t11-/m0/s1. The lowest BCUT2D eigenvalue weighted by Gasteiger charge is -2.11. The monoisotopic (exact) mass is 235 g/mol. The molecule has 2 rings (SSSR count). The Kier molecular flexibility index (Phi) is 3.52. The third kappa shape index (κ3) is 3.37. The summed E-state index contributed by atoms with van der Waals surface area (Å²) in [6.07, 6.45) is 0.645. The van der Waals surface area contributed by atoms with Crippen molar-refractivity contribution in [2.24, 2.45) is 0 Å². The first-order valence-electron chi connectivity index (χ1n) is 5.82. The van der Waals surface area contributed by atoms with Gasteiger partial charge in [0.2, 0.25) is 0 Å². The number of rotatable bonds is 4. The van der Waals surface area contributed by atoms with E-state index in [0.717, 1.165) is 17.7 Å². The Balaban J connectivity index is 1.91. The number of amides is 1. The van der Waals surface area contributed by atoms with Crippen LogP contribution in [0.5, 0.6) is 5.75 Å². The van der Waals surface area contributed by atoms with Gasteiger partial charge in [0.1, 0.15) is 12.4 Å². The van der Waals surface area contributed by atoms with Crippen molar-refractivity contribution >= 4 is 6.09 Å². The van der Waals surface area contributed by atoms with Crippen LogP contribution in [0.1, 0.15) is 19.4 Å². The molecule has 4 heteroatoms. The fourth-order valence-electron chi connectivity index (χ4n) is 1.80. The lowest BCUT2D eigenvalue weighted by atomic mass is 10.1. The quantitative estimate of drug-likeness (QED) is 0.869. The fraction of sp³-hybridized carbons (Fsp3) is 0.462. The molecule has 0 bridgehead atoms. The van der Waals surface area contributed by atoms with Gasteiger partial charge < -0.3 is 14.8 Å². The second-order valence-corrected chi connectivity index (χ2v) is 4.45. The lowest BCUT2D eigenvalue weighted by molar-refractivity contribution is 0.177. The number of hydrogen-bond donors (Lipinski definition) is 1. The van der Waals surface area contributed by atoms with Gasteiger partial charge in [-0.25, -0.2) is 4.79 Å². The number of cyclic esters (lactones) is 1. The van der Waals surface area contributed by atoms with Crippen LogP contribution in [0.3, 0.4) is 0 Å². The summed E-state index contributed by atoms with van der Waals surface area (Å²) < 4.78 is 10.4. The largest absolute Gasteiger partial charge is 0.491 e. The lowest BCUT2D eigenvalue weighted by Crippen LogP contribution is -2.28. The van der Waals surface area contributed by atoms with Crippen LogP contribution in [0.4, 0.5) is 4.79 Å². The third-order valence-electron chi connectivity index (χ3n) is 2.51. The molecular weight excluding hydrogens is 218 g/mol. The molecule has 1 amide bonds. The van der Waals surface area contributed by atoms with Gasteiger partial charge in [0.25, 0.3) is 0 Å². The van der Waals surface area contributed by atoms with E-state index in [4.69, 9.17) is 9.47 Å². The molecule has 1 aliphatic rings. The molecule has 0 unspecified atom stereocenters. The van der Waals surface area contributed by atoms with E-state index in [0.29, 0.717) is 6.61 Å². The normalized spacial score (nSPS) is 19.0. The summed E-state index contributed by atoms with van der Waals surface area (Å²) in [5, 5.41) is 2.76. The first-order chi connectivity index (χ1) is 8.13. The van der Waals surface area contributed by atoms with E-state index < -0.39 is 0 Å². The van der Waals surface area contributed by atoms with Gasteiger partial charge in [-0.3, -0.25) is 0 Å². The van der Waals surface area contributed by atoms with Crippen LogP contribution >= 0.6 is 0 Å². The molecule has 1 atom stereocenters. The van der Waals surface area contributed by atoms with Crippen molar-refractivity contribution in [2.45, 2.75) is 32.4 Å². The summed E-state index contributed by atoms with van der Waals surface area (Å²) in [5.74, 6) is 0.871. The summed E-state index contributed by atoms with van der Waals surface area (Å²) in [4.78, 5) is 10.9. The number of carbonyl (C=O) groups excluding carboxylic acids is 1. The van der Waals surface area contributed by atoms with E-state index >= 15 is 0 Å². The zero-order valence-electron chi connectivity index (χ0n) is 10.1. The highest BCUT2D eigenvalue weighted by Crippen LogP contribution is 2.15. The Labute approximate surface area is 101 Å². The highest BCUT2D eigenvalue weighted by atomic mass is 16.6. The van der Waals surface area contributed by atoms with Crippen molar-refractivity contribution in [1.29, 1.82) is 0 Å². The van der Waals surface area contributed by atoms with Gasteiger partial charge in [-0.1, -0.05) is 12.1 Å². The molecule has 0 saturated carbocycles. The van der Waals surface area contributed by atoms with Crippen molar-refractivity contribution in [3.8, 4) is 5.75 Å². The zero-order valence-corrected chi connectivity index (χ0v) is 10.1. The molecule has 4 nitrogen and oxygen atoms in total. The highest BCUT2D eigenvalue weighted by Gasteiger charge is 2.21. The van der Waals surface area contributed by atoms with Gasteiger partial charge in [-0.2, -0.15) is 0 Å². The van der Waals surface area contributed by atoms with Gasteiger partial charge in [0, 0.05) is 0 Å². The van der Waals surface area contributed by atoms with Gasteiger partial charge in [-0.05, 0) is 38.0 Å². The van der Waals surface area contributed by atoms with Crippen molar-refractivity contribution in [3.63, 3.8) is 0 Å². The van der Waals surface area contributed by atoms with E-state index in [1.165, 1.54) is 0 Å². The van der Waals surface area contributed by atoms with Crippen molar-refractivity contribution in [3.05, 3.63) is 29.8 Å². The molecule has 1 N–H and O–H groups in total. The molecule has 0 spiro atoms. The molecule has 17 heavy (non-hydrogen) atoms. The first kappa shape index (κ1) is 11.8. The van der Waals surface area contributed by atoms with Gasteiger partial charge in [-0.15, -0.1) is 0 Å². The van der Waals surface area contributed by atoms with Crippen LogP contribution in [0.2, 0.25) is 0 Å². The molecule has 1 saturated heterocycles. The topological polar surface area (TPSA) is 47.6 Å². The Morgan fingerprint density at radius 1 is 1.41 bits per heavy atom. The van der Waals surface area contributed by atoms with Crippen LogP contribution < -0.4 is 10.1 Å². The number of carbonyl (C=O) groups is 1. The second kappa shape index (κ2) is 5.08. The molecule has 1 heterocycles. The molecule has 1 aromatic rings. The maximum atomic E-state index is 10.9. The number of nitrogens with one attached hydrogen (secondary N) is 1. The Morgan fingerprint density at radius 2 is 2.12 bits per heavy atom. The predicted octanol–water partition coefficient (Wildman–Crippen LogP) is 2.12. The average molecular weight is 235 g/mol.